The Bertz CT molecular complexity index is 353. The van der Waals surface area contributed by atoms with Crippen LogP contribution in [-0.2, 0) is 0 Å². The Kier molecular flexibility index (Phi) is 4.54. The maximum Gasteiger partial charge on any atom is 0.101 e. The molecule has 3 nitrogen and oxygen atoms in total. The van der Waals surface area contributed by atoms with Gasteiger partial charge >= 0.3 is 0 Å². The normalized spacial score (nSPS) is 20.1. The van der Waals surface area contributed by atoms with E-state index in [1.54, 1.807) is 6.20 Å². The van der Waals surface area contributed by atoms with Gasteiger partial charge in [0.05, 0.1) is 11.3 Å². The molecule has 1 N–H and O–H groups in total. The van der Waals surface area contributed by atoms with E-state index in [1.807, 2.05) is 12.1 Å². The summed E-state index contributed by atoms with van der Waals surface area (Å²) in [5.74, 6) is 0.416. The Morgan fingerprint density at radius 2 is 2.40 bits per heavy atom. The quantitative estimate of drug-likeness (QED) is 0.791. The predicted molar refractivity (Wildman–Crippen MR) is 61.0 cm³/mol. The molecule has 0 bridgehead atoms. The molecule has 0 aliphatic carbocycles. The van der Waals surface area contributed by atoms with E-state index in [-0.39, 0.29) is 12.4 Å². The third kappa shape index (κ3) is 2.68. The average molecular weight is 224 g/mol. The van der Waals surface area contributed by atoms with Crippen LogP contribution in [0.15, 0.2) is 18.3 Å². The Labute approximate surface area is 95.9 Å². The Morgan fingerprint density at radius 3 is 3.07 bits per heavy atom. The van der Waals surface area contributed by atoms with E-state index in [9.17, 15) is 0 Å². The minimum Gasteiger partial charge on any atom is -0.316 e. The van der Waals surface area contributed by atoms with Crippen molar-refractivity contribution in [3.8, 4) is 6.07 Å². The molecule has 2 rings (SSSR count). The third-order valence-electron chi connectivity index (χ3n) is 2.64. The van der Waals surface area contributed by atoms with E-state index in [4.69, 9.17) is 5.26 Å². The summed E-state index contributed by atoms with van der Waals surface area (Å²) in [6.45, 7) is 2.04. The molecule has 0 radical (unpaired) electrons. The fraction of sp³-hybridized carbons (Fsp3) is 0.455. The Hall–Kier alpha value is -1.11. The van der Waals surface area contributed by atoms with Gasteiger partial charge < -0.3 is 5.32 Å². The van der Waals surface area contributed by atoms with Crippen molar-refractivity contribution in [2.75, 3.05) is 13.1 Å². The van der Waals surface area contributed by atoms with E-state index in [2.05, 4.69) is 16.4 Å². The number of piperidine rings is 1. The van der Waals surface area contributed by atoms with Crippen LogP contribution in [0.5, 0.6) is 0 Å². The fourth-order valence-corrected chi connectivity index (χ4v) is 1.92. The highest BCUT2D eigenvalue weighted by molar-refractivity contribution is 5.85. The summed E-state index contributed by atoms with van der Waals surface area (Å²) < 4.78 is 0. The standard InChI is InChI=1S/C11H13N3.ClH/c12-7-9-3-2-6-14-11(9)10-4-1-5-13-8-10;/h2-3,6,10,13H,1,4-5,8H2;1H. The first-order valence-electron chi connectivity index (χ1n) is 4.97. The zero-order valence-corrected chi connectivity index (χ0v) is 9.26. The van der Waals surface area contributed by atoms with Crippen LogP contribution >= 0.6 is 12.4 Å². The topological polar surface area (TPSA) is 48.7 Å². The highest BCUT2D eigenvalue weighted by atomic mass is 35.5. The highest BCUT2D eigenvalue weighted by Gasteiger charge is 2.18. The fourth-order valence-electron chi connectivity index (χ4n) is 1.92. The molecule has 2 heterocycles. The lowest BCUT2D eigenvalue weighted by atomic mass is 9.93. The van der Waals surface area contributed by atoms with Crippen molar-refractivity contribution in [3.05, 3.63) is 29.6 Å². The minimum absolute atomic E-state index is 0. The van der Waals surface area contributed by atoms with E-state index in [0.717, 1.165) is 30.8 Å². The van der Waals surface area contributed by atoms with Gasteiger partial charge in [0.1, 0.15) is 6.07 Å². The minimum atomic E-state index is 0. The van der Waals surface area contributed by atoms with Gasteiger partial charge in [-0.1, -0.05) is 0 Å². The summed E-state index contributed by atoms with van der Waals surface area (Å²) in [6.07, 6.45) is 4.08. The van der Waals surface area contributed by atoms with Gasteiger partial charge in [-0.05, 0) is 31.5 Å². The molecule has 15 heavy (non-hydrogen) atoms. The van der Waals surface area contributed by atoms with Crippen molar-refractivity contribution in [2.45, 2.75) is 18.8 Å². The number of hydrogen-bond acceptors (Lipinski definition) is 3. The third-order valence-corrected chi connectivity index (χ3v) is 2.64. The molecule has 1 saturated heterocycles. The molecule has 4 heteroatoms. The zero-order chi connectivity index (χ0) is 9.80. The van der Waals surface area contributed by atoms with Gasteiger partial charge in [0, 0.05) is 18.7 Å². The molecular formula is C11H14ClN3. The Morgan fingerprint density at radius 1 is 1.53 bits per heavy atom. The summed E-state index contributed by atoms with van der Waals surface area (Å²) in [4.78, 5) is 4.31. The SMILES string of the molecule is Cl.N#Cc1cccnc1C1CCCNC1. The van der Waals surface area contributed by atoms with Crippen molar-refractivity contribution in [1.82, 2.24) is 10.3 Å². The van der Waals surface area contributed by atoms with E-state index >= 15 is 0 Å². The molecule has 1 aromatic rings. The van der Waals surface area contributed by atoms with Crippen LogP contribution < -0.4 is 5.32 Å². The van der Waals surface area contributed by atoms with Gasteiger partial charge in [-0.2, -0.15) is 5.26 Å². The number of halogens is 1. The summed E-state index contributed by atoms with van der Waals surface area (Å²) in [5, 5.41) is 12.3. The van der Waals surface area contributed by atoms with Gasteiger partial charge in [0.15, 0.2) is 0 Å². The molecular weight excluding hydrogens is 210 g/mol. The molecule has 80 valence electrons. The molecule has 0 amide bonds. The smallest absolute Gasteiger partial charge is 0.101 e. The lowest BCUT2D eigenvalue weighted by Crippen LogP contribution is -2.29. The van der Waals surface area contributed by atoms with Crippen molar-refractivity contribution in [3.63, 3.8) is 0 Å². The maximum absolute atomic E-state index is 8.94. The van der Waals surface area contributed by atoms with Crippen molar-refractivity contribution in [1.29, 1.82) is 5.26 Å². The van der Waals surface area contributed by atoms with Gasteiger partial charge in [0.2, 0.25) is 0 Å². The number of nitriles is 1. The number of nitrogens with zero attached hydrogens (tertiary/aromatic N) is 2. The van der Waals surface area contributed by atoms with E-state index < -0.39 is 0 Å². The molecule has 1 aliphatic heterocycles. The molecule has 1 fully saturated rings. The summed E-state index contributed by atoms with van der Waals surface area (Å²) in [5.41, 5.74) is 1.68. The summed E-state index contributed by atoms with van der Waals surface area (Å²) >= 11 is 0. The van der Waals surface area contributed by atoms with Crippen LogP contribution in [0.1, 0.15) is 30.0 Å². The van der Waals surface area contributed by atoms with Gasteiger partial charge in [-0.15, -0.1) is 12.4 Å². The van der Waals surface area contributed by atoms with Crippen molar-refractivity contribution >= 4 is 12.4 Å². The van der Waals surface area contributed by atoms with Crippen molar-refractivity contribution < 1.29 is 0 Å². The van der Waals surface area contributed by atoms with E-state index in [0.29, 0.717) is 5.92 Å². The first-order chi connectivity index (χ1) is 6.92. The monoisotopic (exact) mass is 223 g/mol. The van der Waals surface area contributed by atoms with Crippen LogP contribution in [0.3, 0.4) is 0 Å². The average Bonchev–Trinajstić information content (AvgIpc) is 2.30. The molecule has 0 spiro atoms. The molecule has 1 atom stereocenters. The van der Waals surface area contributed by atoms with Crippen molar-refractivity contribution in [2.24, 2.45) is 0 Å². The van der Waals surface area contributed by atoms with E-state index in [1.165, 1.54) is 6.42 Å². The lowest BCUT2D eigenvalue weighted by Gasteiger charge is -2.22. The number of nitrogens with one attached hydrogen (secondary N) is 1. The molecule has 0 aromatic carbocycles. The van der Waals surface area contributed by atoms with Crippen LogP contribution in [0, 0.1) is 11.3 Å². The lowest BCUT2D eigenvalue weighted by molar-refractivity contribution is 0.454. The van der Waals surface area contributed by atoms with Gasteiger partial charge in [-0.25, -0.2) is 0 Å². The van der Waals surface area contributed by atoms with Crippen LogP contribution in [0.25, 0.3) is 0 Å². The number of pyridine rings is 1. The maximum atomic E-state index is 8.94. The largest absolute Gasteiger partial charge is 0.316 e. The van der Waals surface area contributed by atoms with Gasteiger partial charge in [-0.3, -0.25) is 4.98 Å². The van der Waals surface area contributed by atoms with Crippen LogP contribution in [0.2, 0.25) is 0 Å². The highest BCUT2D eigenvalue weighted by Crippen LogP contribution is 2.23. The van der Waals surface area contributed by atoms with Crippen LogP contribution in [-0.4, -0.2) is 18.1 Å². The molecule has 1 aliphatic rings. The molecule has 1 unspecified atom stereocenters. The predicted octanol–water partition coefficient (Wildman–Crippen LogP) is 1.84. The number of rotatable bonds is 1. The first kappa shape index (κ1) is 12.0. The first-order valence-corrected chi connectivity index (χ1v) is 4.97. The summed E-state index contributed by atoms with van der Waals surface area (Å²) in [7, 11) is 0. The number of aromatic nitrogens is 1. The van der Waals surface area contributed by atoms with Gasteiger partial charge in [0.25, 0.3) is 0 Å². The molecule has 0 saturated carbocycles. The molecule has 1 aromatic heterocycles. The second kappa shape index (κ2) is 5.69. The second-order valence-corrected chi connectivity index (χ2v) is 3.59. The Balaban J connectivity index is 0.00000112. The summed E-state index contributed by atoms with van der Waals surface area (Å²) in [6, 6.07) is 5.86. The number of hydrogen-bond donors (Lipinski definition) is 1. The second-order valence-electron chi connectivity index (χ2n) is 3.59. The van der Waals surface area contributed by atoms with Crippen LogP contribution in [0.4, 0.5) is 0 Å². The zero-order valence-electron chi connectivity index (χ0n) is 8.44.